The number of nitrogens with zero attached hydrogens (tertiary/aromatic N) is 6. The number of amides is 2. The van der Waals surface area contributed by atoms with Gasteiger partial charge in [-0.2, -0.15) is 0 Å². The fourth-order valence-electron chi connectivity index (χ4n) is 7.42. The number of ether oxygens (including phenoxy) is 2. The predicted molar refractivity (Wildman–Crippen MR) is 182 cm³/mol. The molecule has 5 aliphatic rings. The number of aliphatic hydroxyl groups is 1. The van der Waals surface area contributed by atoms with Gasteiger partial charge in [0.2, 0.25) is 5.91 Å². The highest BCUT2D eigenvalue weighted by atomic mass is 32.2. The van der Waals surface area contributed by atoms with Crippen LogP contribution in [0.25, 0.3) is 5.57 Å². The molecule has 2 saturated carbocycles. The normalized spacial score (nSPS) is 30.1. The number of piperazine rings is 1. The van der Waals surface area contributed by atoms with E-state index in [1.165, 1.54) is 11.8 Å². The number of aliphatic imine (C=N–C) groups is 1. The average molecular weight is 674 g/mol. The lowest BCUT2D eigenvalue weighted by Crippen LogP contribution is -2.60. The summed E-state index contributed by atoms with van der Waals surface area (Å²) < 4.78 is 11.7. The molecule has 48 heavy (non-hydrogen) atoms. The van der Waals surface area contributed by atoms with Crippen LogP contribution in [0.2, 0.25) is 0 Å². The van der Waals surface area contributed by atoms with E-state index in [-0.39, 0.29) is 47.8 Å². The van der Waals surface area contributed by atoms with Gasteiger partial charge in [-0.3, -0.25) is 24.5 Å². The molecule has 2 unspecified atom stereocenters. The van der Waals surface area contributed by atoms with E-state index in [1.54, 1.807) is 31.8 Å². The van der Waals surface area contributed by atoms with Crippen LogP contribution in [-0.2, 0) is 20.9 Å². The Morgan fingerprint density at radius 3 is 2.67 bits per heavy atom. The fourth-order valence-corrected chi connectivity index (χ4v) is 8.63. The predicted octanol–water partition coefficient (Wildman–Crippen LogP) is 3.12. The summed E-state index contributed by atoms with van der Waals surface area (Å²) in [5.41, 5.74) is 3.24. The Kier molecular flexibility index (Phi) is 9.63. The summed E-state index contributed by atoms with van der Waals surface area (Å²) >= 11 is 1.51. The van der Waals surface area contributed by atoms with Gasteiger partial charge in [0, 0.05) is 78.6 Å². The number of carbonyl (C=O) groups excluding carboxylic acids is 2. The van der Waals surface area contributed by atoms with E-state index in [9.17, 15) is 14.7 Å². The first kappa shape index (κ1) is 32.9. The second kappa shape index (κ2) is 14.1. The third-order valence-electron chi connectivity index (χ3n) is 10.2. The maximum absolute atomic E-state index is 13.3. The van der Waals surface area contributed by atoms with Crippen molar-refractivity contribution < 1.29 is 24.2 Å². The molecule has 0 spiro atoms. The maximum Gasteiger partial charge on any atom is 0.254 e. The van der Waals surface area contributed by atoms with Crippen LogP contribution >= 0.6 is 11.8 Å². The van der Waals surface area contributed by atoms with Crippen LogP contribution in [-0.4, -0.2) is 109 Å². The smallest absolute Gasteiger partial charge is 0.254 e. The highest BCUT2D eigenvalue weighted by molar-refractivity contribution is 8.14. The van der Waals surface area contributed by atoms with Crippen molar-refractivity contribution in [3.8, 4) is 0 Å². The number of allylic oxidation sites excluding steroid dienone is 2. The zero-order valence-electron chi connectivity index (χ0n) is 27.6. The molecule has 5 atom stereocenters. The number of pyridine rings is 1. The summed E-state index contributed by atoms with van der Waals surface area (Å²) in [4.78, 5) is 48.7. The van der Waals surface area contributed by atoms with Crippen molar-refractivity contribution in [2.75, 3.05) is 26.7 Å². The van der Waals surface area contributed by atoms with E-state index in [4.69, 9.17) is 14.5 Å². The van der Waals surface area contributed by atoms with Gasteiger partial charge >= 0.3 is 0 Å². The molecular weight excluding hydrogens is 630 g/mol. The van der Waals surface area contributed by atoms with E-state index in [1.807, 2.05) is 30.0 Å². The third-order valence-corrected chi connectivity index (χ3v) is 11.3. The van der Waals surface area contributed by atoms with Crippen LogP contribution in [0.5, 0.6) is 0 Å². The van der Waals surface area contributed by atoms with Gasteiger partial charge in [0.25, 0.3) is 5.91 Å². The molecule has 12 nitrogen and oxygen atoms in total. The Hall–Kier alpha value is -3.65. The van der Waals surface area contributed by atoms with Crippen molar-refractivity contribution in [1.29, 1.82) is 0 Å². The number of aliphatic hydroxyl groups excluding tert-OH is 1. The monoisotopic (exact) mass is 673 g/mol. The number of rotatable bonds is 8. The van der Waals surface area contributed by atoms with Gasteiger partial charge in [0.1, 0.15) is 12.4 Å². The lowest BCUT2D eigenvalue weighted by atomic mass is 9.78. The quantitative estimate of drug-likeness (QED) is 0.429. The highest BCUT2D eigenvalue weighted by Crippen LogP contribution is 2.41. The largest absolute Gasteiger partial charge is 0.499 e. The molecule has 4 heterocycles. The zero-order chi connectivity index (χ0) is 33.4. The fraction of sp³-hybridized carbons (Fsp3) is 0.543. The molecule has 2 aromatic rings. The summed E-state index contributed by atoms with van der Waals surface area (Å²) in [6.07, 6.45) is 12.9. The Bertz CT molecular complexity index is 1630. The van der Waals surface area contributed by atoms with Crippen molar-refractivity contribution in [2.24, 2.45) is 10.9 Å². The first-order valence-corrected chi connectivity index (χ1v) is 17.8. The molecular formula is C35H43N7O5S. The molecule has 2 amide bonds. The minimum Gasteiger partial charge on any atom is -0.499 e. The first-order chi connectivity index (χ1) is 23.3. The molecule has 1 saturated heterocycles. The topological polar surface area (TPSA) is 142 Å². The van der Waals surface area contributed by atoms with Crippen LogP contribution in [0.15, 0.2) is 53.6 Å². The molecule has 0 bridgehead atoms. The summed E-state index contributed by atoms with van der Waals surface area (Å²) in [7, 11) is 1.66. The van der Waals surface area contributed by atoms with Crippen LogP contribution in [0.1, 0.15) is 66.5 Å². The number of fused-ring (bicyclic) bond motifs is 1. The number of carbonyl (C=O) groups is 2. The molecule has 3 fully saturated rings. The van der Waals surface area contributed by atoms with Crippen molar-refractivity contribution in [2.45, 2.75) is 88.1 Å². The third kappa shape index (κ3) is 6.78. The first-order valence-electron chi connectivity index (χ1n) is 16.9. The van der Waals surface area contributed by atoms with E-state index >= 15 is 0 Å². The average Bonchev–Trinajstić information content (AvgIpc) is 3.68. The van der Waals surface area contributed by atoms with Crippen molar-refractivity contribution in [1.82, 2.24) is 30.1 Å². The van der Waals surface area contributed by atoms with Gasteiger partial charge in [0.15, 0.2) is 11.0 Å². The van der Waals surface area contributed by atoms with E-state index in [0.717, 1.165) is 61.2 Å². The Labute approximate surface area is 285 Å². The van der Waals surface area contributed by atoms with Crippen LogP contribution < -0.4 is 5.32 Å². The van der Waals surface area contributed by atoms with Crippen molar-refractivity contribution in [3.05, 3.63) is 71.3 Å². The highest BCUT2D eigenvalue weighted by Gasteiger charge is 2.43. The second-order valence-electron chi connectivity index (χ2n) is 13.4. The summed E-state index contributed by atoms with van der Waals surface area (Å²) in [6, 6.07) is 4.04. The molecule has 2 aliphatic heterocycles. The van der Waals surface area contributed by atoms with Crippen molar-refractivity contribution >= 4 is 34.3 Å². The molecule has 0 radical (unpaired) electrons. The number of hydrogen-bond donors (Lipinski definition) is 2. The van der Waals surface area contributed by atoms with Gasteiger partial charge in [-0.25, -0.2) is 9.97 Å². The van der Waals surface area contributed by atoms with E-state index in [0.29, 0.717) is 35.7 Å². The number of thioether (sulfide) groups is 1. The van der Waals surface area contributed by atoms with Gasteiger partial charge in [0.05, 0.1) is 30.6 Å². The molecule has 254 valence electrons. The maximum atomic E-state index is 13.3. The minimum atomic E-state index is -0.413. The van der Waals surface area contributed by atoms with Gasteiger partial charge in [-0.1, -0.05) is 23.9 Å². The summed E-state index contributed by atoms with van der Waals surface area (Å²) in [5, 5.41) is 13.6. The number of hydrogen-bond acceptors (Lipinski definition) is 11. The minimum absolute atomic E-state index is 0.00847. The Balaban J connectivity index is 0.895. The van der Waals surface area contributed by atoms with Crippen LogP contribution in [0.3, 0.4) is 0 Å². The molecule has 7 rings (SSSR count). The van der Waals surface area contributed by atoms with Crippen LogP contribution in [0.4, 0.5) is 0 Å². The number of methoxy groups -OCH3 is 1. The van der Waals surface area contributed by atoms with Gasteiger partial charge in [-0.15, -0.1) is 0 Å². The second-order valence-corrected chi connectivity index (χ2v) is 14.5. The molecule has 2 aromatic heterocycles. The molecule has 2 N–H and O–H groups in total. The lowest BCUT2D eigenvalue weighted by Gasteiger charge is -2.49. The lowest BCUT2D eigenvalue weighted by molar-refractivity contribution is -0.129. The van der Waals surface area contributed by atoms with Gasteiger partial charge in [-0.05, 0) is 58.1 Å². The zero-order valence-corrected chi connectivity index (χ0v) is 28.4. The molecule has 13 heteroatoms. The van der Waals surface area contributed by atoms with Gasteiger partial charge < -0.3 is 24.8 Å². The van der Waals surface area contributed by atoms with Crippen LogP contribution in [0, 0.1) is 12.8 Å². The summed E-state index contributed by atoms with van der Waals surface area (Å²) in [5.74, 6) is 1.34. The Morgan fingerprint density at radius 1 is 1.15 bits per heavy atom. The van der Waals surface area contributed by atoms with E-state index in [2.05, 4.69) is 32.1 Å². The number of aryl methyl sites for hydroxylation is 1. The number of aromatic nitrogens is 3. The van der Waals surface area contributed by atoms with E-state index < -0.39 is 6.10 Å². The number of amidine groups is 1. The number of nitrogens with one attached hydrogen (secondary N) is 1. The SMILES string of the molecule is COC1=C(c2cnc(CO[C@H]3CCC[C@@H]3O)nc2)C=CC2N=C(NC(=O)[C@H]3C[C@@H](N4CCN(C(=O)c5ccnc(C)c5)C[C@@H]4C)C3)SC12. The molecule has 0 aromatic carbocycles. The molecule has 3 aliphatic carbocycles. The standard InChI is InChI=1S/C35H43N7O5S/c1-20-13-22(9-10-36-20)34(45)41-11-12-42(21(2)18-41)25-14-23(15-25)33(44)40-35-39-27-8-7-26(31(46-3)32(27)48-35)24-16-37-30(38-17-24)19-47-29-6-4-5-28(29)43/h7-10,13,16-17,21,23,25,27-29,32,43H,4-6,11-12,14-15,18-19H2,1-3H3,(H,39,40,44)/t21-,23-,25+,27?,28-,29-,32?/m0/s1. The Morgan fingerprint density at radius 2 is 1.96 bits per heavy atom. The van der Waals surface area contributed by atoms with Crippen molar-refractivity contribution in [3.63, 3.8) is 0 Å². The summed E-state index contributed by atoms with van der Waals surface area (Å²) in [6.45, 7) is 6.47.